The third kappa shape index (κ3) is 2.68. The first-order valence-electron chi connectivity index (χ1n) is 6.64. The predicted molar refractivity (Wildman–Crippen MR) is 71.9 cm³/mol. The number of rotatable bonds is 4. The molecule has 0 radical (unpaired) electrons. The van der Waals surface area contributed by atoms with E-state index < -0.39 is 0 Å². The van der Waals surface area contributed by atoms with Crippen LogP contribution in [0, 0.1) is 0 Å². The van der Waals surface area contributed by atoms with Crippen molar-refractivity contribution in [3.05, 3.63) is 42.1 Å². The second-order valence-corrected chi connectivity index (χ2v) is 4.88. The van der Waals surface area contributed by atoms with Crippen molar-refractivity contribution in [2.75, 3.05) is 0 Å². The Balaban J connectivity index is 1.60. The average molecular weight is 242 g/mol. The fourth-order valence-corrected chi connectivity index (χ4v) is 2.48. The Morgan fingerprint density at radius 3 is 3.00 bits per heavy atom. The molecule has 18 heavy (non-hydrogen) atoms. The quantitative estimate of drug-likeness (QED) is 0.836. The van der Waals surface area contributed by atoms with Gasteiger partial charge in [-0.1, -0.05) is 25.0 Å². The molecule has 1 aliphatic rings. The van der Waals surface area contributed by atoms with Gasteiger partial charge in [0.05, 0.1) is 11.6 Å². The molecule has 1 fully saturated rings. The van der Waals surface area contributed by atoms with E-state index in [-0.39, 0.29) is 0 Å². The standard InChI is InChI=1S/C15H18N2O/c1-2-6-14(5-1)18-17-11-12-7-8-15-13(10-12)4-3-9-16-15/h3-4,7-10,14,17H,1-2,5-6,11H2. The van der Waals surface area contributed by atoms with E-state index in [9.17, 15) is 0 Å². The SMILES string of the molecule is c1cnc2ccc(CNOC3CCCC3)cc2c1. The van der Waals surface area contributed by atoms with Crippen LogP contribution in [0.4, 0.5) is 0 Å². The van der Waals surface area contributed by atoms with Crippen molar-refractivity contribution in [1.29, 1.82) is 0 Å². The molecule has 0 saturated heterocycles. The molecule has 3 nitrogen and oxygen atoms in total. The van der Waals surface area contributed by atoms with Crippen LogP contribution in [0.5, 0.6) is 0 Å². The van der Waals surface area contributed by atoms with Crippen molar-refractivity contribution >= 4 is 10.9 Å². The molecule has 0 amide bonds. The smallest absolute Gasteiger partial charge is 0.0790 e. The number of hydrogen-bond donors (Lipinski definition) is 1. The van der Waals surface area contributed by atoms with E-state index >= 15 is 0 Å². The fraction of sp³-hybridized carbons (Fsp3) is 0.400. The second kappa shape index (κ2) is 5.46. The third-order valence-corrected chi connectivity index (χ3v) is 3.50. The molecule has 3 heteroatoms. The molecule has 3 rings (SSSR count). The molecule has 1 aromatic carbocycles. The maximum atomic E-state index is 5.65. The molecule has 0 aliphatic heterocycles. The van der Waals surface area contributed by atoms with Crippen molar-refractivity contribution in [3.63, 3.8) is 0 Å². The van der Waals surface area contributed by atoms with Gasteiger partial charge in [-0.2, -0.15) is 5.48 Å². The van der Waals surface area contributed by atoms with Crippen LogP contribution in [0.2, 0.25) is 0 Å². The van der Waals surface area contributed by atoms with E-state index in [2.05, 4.69) is 34.7 Å². The molecular weight excluding hydrogens is 224 g/mol. The number of fused-ring (bicyclic) bond motifs is 1. The van der Waals surface area contributed by atoms with Gasteiger partial charge in [-0.05, 0) is 36.6 Å². The predicted octanol–water partition coefficient (Wildman–Crippen LogP) is 3.20. The Kier molecular flexibility index (Phi) is 3.53. The lowest BCUT2D eigenvalue weighted by Gasteiger charge is -2.11. The van der Waals surface area contributed by atoms with Gasteiger partial charge in [-0.25, -0.2) is 0 Å². The summed E-state index contributed by atoms with van der Waals surface area (Å²) < 4.78 is 0. The van der Waals surface area contributed by atoms with E-state index in [1.807, 2.05) is 12.3 Å². The van der Waals surface area contributed by atoms with E-state index in [1.54, 1.807) is 0 Å². The number of pyridine rings is 1. The minimum Gasteiger partial charge on any atom is -0.298 e. The number of nitrogens with one attached hydrogen (secondary N) is 1. The zero-order valence-electron chi connectivity index (χ0n) is 10.4. The van der Waals surface area contributed by atoms with Crippen LogP contribution in [0.15, 0.2) is 36.5 Å². The fourth-order valence-electron chi connectivity index (χ4n) is 2.48. The van der Waals surface area contributed by atoms with E-state index in [0.29, 0.717) is 6.10 Å². The van der Waals surface area contributed by atoms with Crippen LogP contribution in [0.1, 0.15) is 31.2 Å². The van der Waals surface area contributed by atoms with Crippen LogP contribution in [-0.2, 0) is 11.4 Å². The topological polar surface area (TPSA) is 34.2 Å². The molecule has 0 atom stereocenters. The summed E-state index contributed by atoms with van der Waals surface area (Å²) in [6.45, 7) is 0.751. The lowest BCUT2D eigenvalue weighted by molar-refractivity contribution is -0.0243. The Morgan fingerprint density at radius 2 is 2.11 bits per heavy atom. The van der Waals surface area contributed by atoms with Gasteiger partial charge < -0.3 is 0 Å². The zero-order valence-corrected chi connectivity index (χ0v) is 10.4. The summed E-state index contributed by atoms with van der Waals surface area (Å²) in [5.74, 6) is 0. The zero-order chi connectivity index (χ0) is 12.2. The van der Waals surface area contributed by atoms with Gasteiger partial charge in [0.25, 0.3) is 0 Å². The van der Waals surface area contributed by atoms with Crippen molar-refractivity contribution in [3.8, 4) is 0 Å². The van der Waals surface area contributed by atoms with Gasteiger partial charge in [0.1, 0.15) is 0 Å². The molecule has 1 heterocycles. The van der Waals surface area contributed by atoms with Gasteiger partial charge in [-0.3, -0.25) is 9.82 Å². The lowest BCUT2D eigenvalue weighted by atomic mass is 10.1. The first-order valence-corrected chi connectivity index (χ1v) is 6.64. The largest absolute Gasteiger partial charge is 0.298 e. The van der Waals surface area contributed by atoms with Crippen LogP contribution in [0.3, 0.4) is 0 Å². The monoisotopic (exact) mass is 242 g/mol. The minimum absolute atomic E-state index is 0.409. The highest BCUT2D eigenvalue weighted by atomic mass is 16.7. The highest BCUT2D eigenvalue weighted by Crippen LogP contribution is 2.20. The summed E-state index contributed by atoms with van der Waals surface area (Å²) >= 11 is 0. The van der Waals surface area contributed by atoms with Gasteiger partial charge >= 0.3 is 0 Å². The maximum Gasteiger partial charge on any atom is 0.0790 e. The summed E-state index contributed by atoms with van der Waals surface area (Å²) in [4.78, 5) is 9.97. The molecular formula is C15H18N2O. The number of aromatic nitrogens is 1. The Labute approximate surface area is 107 Å². The third-order valence-electron chi connectivity index (χ3n) is 3.50. The van der Waals surface area contributed by atoms with Crippen LogP contribution in [0.25, 0.3) is 10.9 Å². The van der Waals surface area contributed by atoms with E-state index in [1.165, 1.54) is 36.6 Å². The molecule has 1 N–H and O–H groups in total. The lowest BCUT2D eigenvalue weighted by Crippen LogP contribution is -2.21. The molecule has 2 aromatic rings. The summed E-state index contributed by atoms with van der Waals surface area (Å²) in [6.07, 6.45) is 7.21. The Morgan fingerprint density at radius 1 is 1.22 bits per heavy atom. The molecule has 1 aliphatic carbocycles. The highest BCUT2D eigenvalue weighted by Gasteiger charge is 2.15. The van der Waals surface area contributed by atoms with E-state index in [0.717, 1.165) is 12.1 Å². The first kappa shape index (κ1) is 11.6. The van der Waals surface area contributed by atoms with Crippen molar-refractivity contribution < 1.29 is 4.84 Å². The van der Waals surface area contributed by atoms with Gasteiger partial charge in [0.2, 0.25) is 0 Å². The number of hydrogen-bond acceptors (Lipinski definition) is 3. The molecule has 94 valence electrons. The Bertz CT molecular complexity index is 521. The molecule has 0 spiro atoms. The van der Waals surface area contributed by atoms with Crippen LogP contribution >= 0.6 is 0 Å². The van der Waals surface area contributed by atoms with E-state index in [4.69, 9.17) is 4.84 Å². The number of hydroxylamine groups is 1. The Hall–Kier alpha value is -1.45. The van der Waals surface area contributed by atoms with Gasteiger partial charge in [-0.15, -0.1) is 0 Å². The summed E-state index contributed by atoms with van der Waals surface area (Å²) in [7, 11) is 0. The molecule has 1 aromatic heterocycles. The van der Waals surface area contributed by atoms with Gasteiger partial charge in [0.15, 0.2) is 0 Å². The van der Waals surface area contributed by atoms with Crippen molar-refractivity contribution in [1.82, 2.24) is 10.5 Å². The van der Waals surface area contributed by atoms with Crippen molar-refractivity contribution in [2.24, 2.45) is 0 Å². The highest BCUT2D eigenvalue weighted by molar-refractivity contribution is 5.78. The minimum atomic E-state index is 0.409. The summed E-state index contributed by atoms with van der Waals surface area (Å²) in [5, 5.41) is 1.18. The maximum absolute atomic E-state index is 5.65. The second-order valence-electron chi connectivity index (χ2n) is 4.88. The van der Waals surface area contributed by atoms with Crippen molar-refractivity contribution in [2.45, 2.75) is 38.3 Å². The molecule has 1 saturated carbocycles. The first-order chi connectivity index (χ1) is 8.92. The average Bonchev–Trinajstić information content (AvgIpc) is 2.92. The normalized spacial score (nSPS) is 16.4. The van der Waals surface area contributed by atoms with Gasteiger partial charge in [0, 0.05) is 18.1 Å². The van der Waals surface area contributed by atoms with Crippen LogP contribution < -0.4 is 5.48 Å². The summed E-state index contributed by atoms with van der Waals surface area (Å²) in [6, 6.07) is 10.4. The molecule has 0 unspecified atom stereocenters. The van der Waals surface area contributed by atoms with Crippen LogP contribution in [-0.4, -0.2) is 11.1 Å². The summed E-state index contributed by atoms with van der Waals surface area (Å²) in [5.41, 5.74) is 5.36. The molecule has 0 bridgehead atoms. The number of nitrogens with zero attached hydrogens (tertiary/aromatic N) is 1. The number of benzene rings is 1.